The molecule has 0 aliphatic rings. The zero-order chi connectivity index (χ0) is 54.3. The molecule has 0 aromatic carbocycles. The second-order valence-electron chi connectivity index (χ2n) is 19.8. The number of carbonyl (C=O) groups excluding carboxylic acids is 3. The largest absolute Gasteiger partial charge is 0.462 e. The van der Waals surface area contributed by atoms with Crippen molar-refractivity contribution in [2.45, 2.75) is 271 Å². The van der Waals surface area contributed by atoms with Crippen molar-refractivity contribution < 1.29 is 28.6 Å². The molecule has 0 spiro atoms. The van der Waals surface area contributed by atoms with E-state index in [1.54, 1.807) is 0 Å². The Balaban J connectivity index is 4.35. The third kappa shape index (κ3) is 60.3. The van der Waals surface area contributed by atoms with Crippen molar-refractivity contribution in [1.29, 1.82) is 0 Å². The van der Waals surface area contributed by atoms with Gasteiger partial charge in [0.2, 0.25) is 0 Å². The average Bonchev–Trinajstić information content (AvgIpc) is 3.41. The Labute approximate surface area is 462 Å². The van der Waals surface area contributed by atoms with E-state index in [2.05, 4.69) is 154 Å². The Bertz CT molecular complexity index is 1620. The number of esters is 3. The lowest BCUT2D eigenvalue weighted by atomic mass is 10.1. The third-order valence-electron chi connectivity index (χ3n) is 12.6. The monoisotopic (exact) mass is 1040 g/mol. The van der Waals surface area contributed by atoms with Crippen LogP contribution in [-0.2, 0) is 28.6 Å². The molecule has 0 heterocycles. The molecule has 0 aromatic rings. The van der Waals surface area contributed by atoms with Crippen LogP contribution < -0.4 is 0 Å². The van der Waals surface area contributed by atoms with Crippen LogP contribution in [0.25, 0.3) is 0 Å². The summed E-state index contributed by atoms with van der Waals surface area (Å²) in [4.78, 5) is 38.2. The summed E-state index contributed by atoms with van der Waals surface area (Å²) in [6.45, 7) is 6.37. The molecular weight excluding hydrogens is 925 g/mol. The fourth-order valence-electron chi connectivity index (χ4n) is 8.08. The smallest absolute Gasteiger partial charge is 0.306 e. The van der Waals surface area contributed by atoms with Gasteiger partial charge in [0.1, 0.15) is 13.2 Å². The van der Waals surface area contributed by atoms with Crippen LogP contribution in [0.5, 0.6) is 0 Å². The summed E-state index contributed by atoms with van der Waals surface area (Å²) >= 11 is 0. The zero-order valence-corrected chi connectivity index (χ0v) is 48.5. The molecule has 1 unspecified atom stereocenters. The Morgan fingerprint density at radius 1 is 0.280 bits per heavy atom. The SMILES string of the molecule is CC/C=C\C/C=C\C/C=C\C/C=C\C/C=C\C/C=C\C/C=C\CCCCCCCCCC(=O)OCC(COC(=O)CCCCCCC/C=C\CCCCCC)OC(=O)CCCCCCC/C=C\C/C=C\C/C=C\CC. The van der Waals surface area contributed by atoms with Gasteiger partial charge in [-0.1, -0.05) is 244 Å². The Kier molecular flexibility index (Phi) is 58.4. The van der Waals surface area contributed by atoms with Gasteiger partial charge in [0.05, 0.1) is 0 Å². The van der Waals surface area contributed by atoms with E-state index in [-0.39, 0.29) is 31.1 Å². The van der Waals surface area contributed by atoms with E-state index < -0.39 is 6.10 Å². The molecule has 0 aliphatic heterocycles. The van der Waals surface area contributed by atoms with E-state index >= 15 is 0 Å². The van der Waals surface area contributed by atoms with Crippen LogP contribution in [-0.4, -0.2) is 37.2 Å². The predicted molar refractivity (Wildman–Crippen MR) is 325 cm³/mol. The number of rotatable bonds is 54. The molecule has 0 saturated carbocycles. The highest BCUT2D eigenvalue weighted by molar-refractivity contribution is 5.71. The fraction of sp³-hybridized carbons (Fsp3) is 0.638. The number of carbonyl (C=O) groups is 3. The Hall–Kier alpha value is -4.45. The highest BCUT2D eigenvalue weighted by atomic mass is 16.6. The standard InChI is InChI=1S/C69H112O6/c1-4-7-10-13-16-19-22-25-27-28-29-30-31-32-33-34-35-36-37-38-39-40-42-44-47-50-53-56-59-62-68(71)74-65-66(64-73-67(70)61-58-55-52-49-46-43-24-21-18-15-12-9-6-3)75-69(72)63-60-57-54-51-48-45-41-26-23-20-17-14-11-8-5-2/h7-8,10-11,16-17,19-21,24-27,29-30,32-33,35-36,38-39,41,66H,4-6,9,12-15,18,22-23,28,31,34,37,40,42-65H2,1-3H3/b10-7-,11-8-,19-16-,20-17-,24-21-,27-25-,30-29-,33-32-,36-35-,39-38-,41-26-. The highest BCUT2D eigenvalue weighted by Gasteiger charge is 2.19. The van der Waals surface area contributed by atoms with Crippen molar-refractivity contribution in [3.63, 3.8) is 0 Å². The van der Waals surface area contributed by atoms with Gasteiger partial charge in [-0.05, 0) is 135 Å². The van der Waals surface area contributed by atoms with Crippen LogP contribution in [0.1, 0.15) is 265 Å². The summed E-state index contributed by atoms with van der Waals surface area (Å²) in [5.41, 5.74) is 0. The van der Waals surface area contributed by atoms with E-state index in [1.807, 2.05) is 0 Å². The summed E-state index contributed by atoms with van der Waals surface area (Å²) in [6, 6.07) is 0. The minimum atomic E-state index is -0.800. The van der Waals surface area contributed by atoms with Gasteiger partial charge in [-0.15, -0.1) is 0 Å². The van der Waals surface area contributed by atoms with Gasteiger partial charge in [0.25, 0.3) is 0 Å². The molecule has 0 amide bonds. The maximum Gasteiger partial charge on any atom is 0.306 e. The molecule has 0 N–H and O–H groups in total. The van der Waals surface area contributed by atoms with Crippen molar-refractivity contribution in [1.82, 2.24) is 0 Å². The van der Waals surface area contributed by atoms with Crippen molar-refractivity contribution in [2.24, 2.45) is 0 Å². The molecule has 0 fully saturated rings. The second kappa shape index (κ2) is 62.1. The summed E-state index contributed by atoms with van der Waals surface area (Å²) in [5, 5.41) is 0. The van der Waals surface area contributed by atoms with Crippen LogP contribution >= 0.6 is 0 Å². The Morgan fingerprint density at radius 3 is 0.827 bits per heavy atom. The summed E-state index contributed by atoms with van der Waals surface area (Å²) < 4.78 is 16.9. The van der Waals surface area contributed by atoms with Gasteiger partial charge in [-0.25, -0.2) is 0 Å². The first-order chi connectivity index (χ1) is 37.0. The van der Waals surface area contributed by atoms with Gasteiger partial charge >= 0.3 is 17.9 Å². The molecule has 0 saturated heterocycles. The number of hydrogen-bond acceptors (Lipinski definition) is 6. The highest BCUT2D eigenvalue weighted by Crippen LogP contribution is 2.14. The van der Waals surface area contributed by atoms with E-state index in [4.69, 9.17) is 14.2 Å². The van der Waals surface area contributed by atoms with E-state index in [9.17, 15) is 14.4 Å². The summed E-state index contributed by atoms with van der Waals surface area (Å²) in [5.74, 6) is -0.934. The molecule has 0 bridgehead atoms. The predicted octanol–water partition coefficient (Wildman–Crippen LogP) is 21.0. The van der Waals surface area contributed by atoms with Crippen molar-refractivity contribution in [3.05, 3.63) is 134 Å². The molecular formula is C69H112O6. The van der Waals surface area contributed by atoms with Gasteiger partial charge in [-0.3, -0.25) is 14.4 Å². The zero-order valence-electron chi connectivity index (χ0n) is 48.5. The van der Waals surface area contributed by atoms with Gasteiger partial charge in [0.15, 0.2) is 6.10 Å². The maximum atomic E-state index is 12.9. The van der Waals surface area contributed by atoms with Crippen LogP contribution in [0.3, 0.4) is 0 Å². The van der Waals surface area contributed by atoms with E-state index in [1.165, 1.54) is 64.2 Å². The lowest BCUT2D eigenvalue weighted by Gasteiger charge is -2.18. The van der Waals surface area contributed by atoms with E-state index in [0.29, 0.717) is 19.3 Å². The van der Waals surface area contributed by atoms with Crippen LogP contribution in [0, 0.1) is 0 Å². The topological polar surface area (TPSA) is 78.9 Å². The third-order valence-corrected chi connectivity index (χ3v) is 12.6. The minimum absolute atomic E-state index is 0.0961. The van der Waals surface area contributed by atoms with Gasteiger partial charge in [-0.2, -0.15) is 0 Å². The second-order valence-corrected chi connectivity index (χ2v) is 19.8. The van der Waals surface area contributed by atoms with Crippen LogP contribution in [0.4, 0.5) is 0 Å². The minimum Gasteiger partial charge on any atom is -0.462 e. The summed E-state index contributed by atoms with van der Waals surface area (Å²) in [6.07, 6.45) is 87.3. The molecule has 0 radical (unpaired) electrons. The molecule has 75 heavy (non-hydrogen) atoms. The molecule has 0 aromatic heterocycles. The van der Waals surface area contributed by atoms with Crippen molar-refractivity contribution in [3.8, 4) is 0 Å². The first-order valence-electron chi connectivity index (χ1n) is 30.7. The van der Waals surface area contributed by atoms with Gasteiger partial charge in [0, 0.05) is 19.3 Å². The number of allylic oxidation sites excluding steroid dienone is 22. The first kappa shape index (κ1) is 70.5. The molecule has 6 nitrogen and oxygen atoms in total. The van der Waals surface area contributed by atoms with Crippen molar-refractivity contribution >= 4 is 17.9 Å². The number of unbranched alkanes of at least 4 members (excludes halogenated alkanes) is 21. The summed E-state index contributed by atoms with van der Waals surface area (Å²) in [7, 11) is 0. The lowest BCUT2D eigenvalue weighted by molar-refractivity contribution is -0.167. The number of hydrogen-bond donors (Lipinski definition) is 0. The van der Waals surface area contributed by atoms with Gasteiger partial charge < -0.3 is 14.2 Å². The maximum absolute atomic E-state index is 12.9. The molecule has 0 aliphatic carbocycles. The number of ether oxygens (including phenoxy) is 3. The molecule has 424 valence electrons. The molecule has 1 atom stereocenters. The lowest BCUT2D eigenvalue weighted by Crippen LogP contribution is -2.30. The fourth-order valence-corrected chi connectivity index (χ4v) is 8.08. The van der Waals surface area contributed by atoms with Crippen LogP contribution in [0.2, 0.25) is 0 Å². The van der Waals surface area contributed by atoms with Crippen LogP contribution in [0.15, 0.2) is 134 Å². The normalized spacial score (nSPS) is 13.1. The van der Waals surface area contributed by atoms with E-state index in [0.717, 1.165) is 161 Å². The quantitative estimate of drug-likeness (QED) is 0.0261. The van der Waals surface area contributed by atoms with Crippen molar-refractivity contribution in [2.75, 3.05) is 13.2 Å². The molecule has 6 heteroatoms. The Morgan fingerprint density at radius 2 is 0.520 bits per heavy atom. The average molecular weight is 1040 g/mol. The first-order valence-corrected chi connectivity index (χ1v) is 30.7. The molecule has 0 rings (SSSR count).